The number of rotatable bonds is 2. The van der Waals surface area contributed by atoms with Crippen LogP contribution >= 0.6 is 23.2 Å². The fourth-order valence-corrected chi connectivity index (χ4v) is 2.50. The standard InChI is InChI=1S/C12H13Cl2N3O/c1-3-9-11(15)12(18)17(16(9)2)10-5-4-7(13)6-8(10)14/h4-6H,3,15H2,1-2H3. The van der Waals surface area contributed by atoms with Crippen molar-refractivity contribution in [2.75, 3.05) is 5.73 Å². The second-order valence-corrected chi connectivity index (χ2v) is 4.79. The third kappa shape index (κ3) is 1.91. The van der Waals surface area contributed by atoms with E-state index in [9.17, 15) is 4.79 Å². The molecule has 0 fully saturated rings. The van der Waals surface area contributed by atoms with Gasteiger partial charge in [-0.1, -0.05) is 30.1 Å². The zero-order chi connectivity index (χ0) is 13.4. The molecule has 2 N–H and O–H groups in total. The van der Waals surface area contributed by atoms with Crippen molar-refractivity contribution < 1.29 is 0 Å². The van der Waals surface area contributed by atoms with E-state index in [0.29, 0.717) is 22.2 Å². The zero-order valence-electron chi connectivity index (χ0n) is 10.1. The highest BCUT2D eigenvalue weighted by Crippen LogP contribution is 2.24. The molecule has 1 aromatic heterocycles. The molecule has 0 saturated heterocycles. The molecule has 0 amide bonds. The van der Waals surface area contributed by atoms with Crippen LogP contribution in [0.1, 0.15) is 12.6 Å². The van der Waals surface area contributed by atoms with Crippen LogP contribution in [0.15, 0.2) is 23.0 Å². The van der Waals surface area contributed by atoms with Crippen LogP contribution in [0.25, 0.3) is 5.69 Å². The van der Waals surface area contributed by atoms with Gasteiger partial charge in [0.15, 0.2) is 0 Å². The summed E-state index contributed by atoms with van der Waals surface area (Å²) < 4.78 is 3.17. The van der Waals surface area contributed by atoms with E-state index in [-0.39, 0.29) is 11.2 Å². The largest absolute Gasteiger partial charge is 0.393 e. The third-order valence-electron chi connectivity index (χ3n) is 2.90. The lowest BCUT2D eigenvalue weighted by molar-refractivity contribution is 0.619. The maximum atomic E-state index is 12.1. The summed E-state index contributed by atoms with van der Waals surface area (Å²) in [7, 11) is 1.78. The molecule has 0 bridgehead atoms. The average molecular weight is 286 g/mol. The fraction of sp³-hybridized carbons (Fsp3) is 0.250. The van der Waals surface area contributed by atoms with Gasteiger partial charge in [-0.15, -0.1) is 0 Å². The molecule has 0 spiro atoms. The van der Waals surface area contributed by atoms with Gasteiger partial charge in [0.1, 0.15) is 5.69 Å². The van der Waals surface area contributed by atoms with Gasteiger partial charge >= 0.3 is 0 Å². The summed E-state index contributed by atoms with van der Waals surface area (Å²) in [5.41, 5.74) is 7.15. The summed E-state index contributed by atoms with van der Waals surface area (Å²) in [6.07, 6.45) is 0.676. The first kappa shape index (κ1) is 13.1. The highest BCUT2D eigenvalue weighted by molar-refractivity contribution is 6.35. The third-order valence-corrected chi connectivity index (χ3v) is 3.43. The second-order valence-electron chi connectivity index (χ2n) is 3.95. The first-order valence-electron chi connectivity index (χ1n) is 5.49. The lowest BCUT2D eigenvalue weighted by Gasteiger charge is -2.10. The molecule has 0 atom stereocenters. The molecular formula is C12H13Cl2N3O. The average Bonchev–Trinajstić information content (AvgIpc) is 2.52. The summed E-state index contributed by atoms with van der Waals surface area (Å²) in [4.78, 5) is 12.1. The Morgan fingerprint density at radius 3 is 2.50 bits per heavy atom. The predicted molar refractivity (Wildman–Crippen MR) is 74.8 cm³/mol. The Kier molecular flexibility index (Phi) is 3.41. The maximum Gasteiger partial charge on any atom is 0.294 e. The SMILES string of the molecule is CCc1c(N)c(=O)n(-c2ccc(Cl)cc2Cl)n1C. The van der Waals surface area contributed by atoms with Crippen molar-refractivity contribution in [2.45, 2.75) is 13.3 Å². The topological polar surface area (TPSA) is 53.0 Å². The van der Waals surface area contributed by atoms with Crippen molar-refractivity contribution in [1.82, 2.24) is 9.36 Å². The highest BCUT2D eigenvalue weighted by Gasteiger charge is 2.16. The molecule has 0 aliphatic rings. The summed E-state index contributed by atoms with van der Waals surface area (Å²) in [5, 5.41) is 0.933. The molecule has 2 rings (SSSR count). The Hall–Kier alpha value is -1.39. The number of nitrogens with two attached hydrogens (primary N) is 1. The van der Waals surface area contributed by atoms with E-state index < -0.39 is 0 Å². The van der Waals surface area contributed by atoms with Crippen LogP contribution in [-0.4, -0.2) is 9.36 Å². The lowest BCUT2D eigenvalue weighted by Crippen LogP contribution is -2.21. The highest BCUT2D eigenvalue weighted by atomic mass is 35.5. The van der Waals surface area contributed by atoms with Gasteiger partial charge in [-0.3, -0.25) is 9.48 Å². The molecule has 0 radical (unpaired) electrons. The van der Waals surface area contributed by atoms with Crippen LogP contribution in [0.5, 0.6) is 0 Å². The van der Waals surface area contributed by atoms with Crippen molar-refractivity contribution in [3.63, 3.8) is 0 Å². The monoisotopic (exact) mass is 285 g/mol. The van der Waals surface area contributed by atoms with Gasteiger partial charge in [0, 0.05) is 12.1 Å². The Balaban J connectivity index is 2.76. The van der Waals surface area contributed by atoms with Gasteiger partial charge in [-0.05, 0) is 24.6 Å². The number of anilines is 1. The fourth-order valence-electron chi connectivity index (χ4n) is 2.01. The predicted octanol–water partition coefficient (Wildman–Crippen LogP) is 2.63. The van der Waals surface area contributed by atoms with E-state index in [4.69, 9.17) is 28.9 Å². The van der Waals surface area contributed by atoms with E-state index in [1.54, 1.807) is 29.9 Å². The minimum atomic E-state index is -0.265. The van der Waals surface area contributed by atoms with Crippen LogP contribution in [0.3, 0.4) is 0 Å². The van der Waals surface area contributed by atoms with E-state index in [2.05, 4.69) is 0 Å². The van der Waals surface area contributed by atoms with Crippen molar-refractivity contribution >= 4 is 28.9 Å². The summed E-state index contributed by atoms with van der Waals surface area (Å²) >= 11 is 12.0. The number of nitrogen functional groups attached to an aromatic ring is 1. The van der Waals surface area contributed by atoms with Gasteiger partial charge in [0.2, 0.25) is 0 Å². The molecule has 4 nitrogen and oxygen atoms in total. The van der Waals surface area contributed by atoms with E-state index in [1.807, 2.05) is 6.92 Å². The van der Waals surface area contributed by atoms with Gasteiger partial charge < -0.3 is 5.73 Å². The van der Waals surface area contributed by atoms with Crippen LogP contribution < -0.4 is 11.3 Å². The van der Waals surface area contributed by atoms with E-state index >= 15 is 0 Å². The van der Waals surface area contributed by atoms with E-state index in [1.165, 1.54) is 4.68 Å². The Morgan fingerprint density at radius 1 is 1.33 bits per heavy atom. The number of aromatic nitrogens is 2. The van der Waals surface area contributed by atoms with Crippen molar-refractivity contribution in [1.29, 1.82) is 0 Å². The molecule has 18 heavy (non-hydrogen) atoms. The number of nitrogens with zero attached hydrogens (tertiary/aromatic N) is 2. The van der Waals surface area contributed by atoms with Crippen LogP contribution in [-0.2, 0) is 13.5 Å². The summed E-state index contributed by atoms with van der Waals surface area (Å²) in [6.45, 7) is 1.94. The Morgan fingerprint density at radius 2 is 2.00 bits per heavy atom. The van der Waals surface area contributed by atoms with Crippen LogP contribution in [0.2, 0.25) is 10.0 Å². The first-order chi connectivity index (χ1) is 8.47. The molecule has 2 aromatic rings. The van der Waals surface area contributed by atoms with Gasteiger partial charge in [-0.25, -0.2) is 4.68 Å². The quantitative estimate of drug-likeness (QED) is 0.922. The van der Waals surface area contributed by atoms with Crippen molar-refractivity contribution in [3.05, 3.63) is 44.3 Å². The minimum absolute atomic E-state index is 0.256. The normalized spacial score (nSPS) is 10.9. The summed E-state index contributed by atoms with van der Waals surface area (Å²) in [5.74, 6) is 0. The smallest absolute Gasteiger partial charge is 0.294 e. The first-order valence-corrected chi connectivity index (χ1v) is 6.24. The molecule has 0 aliphatic heterocycles. The number of halogens is 2. The minimum Gasteiger partial charge on any atom is -0.393 e. The van der Waals surface area contributed by atoms with Gasteiger partial charge in [0.25, 0.3) is 5.56 Å². The molecule has 0 saturated carbocycles. The Bertz CT molecular complexity index is 658. The van der Waals surface area contributed by atoms with Gasteiger partial charge in [0.05, 0.1) is 16.4 Å². The second kappa shape index (κ2) is 4.71. The molecule has 1 heterocycles. The molecule has 1 aromatic carbocycles. The molecule has 0 aliphatic carbocycles. The maximum absolute atomic E-state index is 12.1. The molecule has 96 valence electrons. The zero-order valence-corrected chi connectivity index (χ0v) is 11.6. The van der Waals surface area contributed by atoms with Crippen LogP contribution in [0, 0.1) is 0 Å². The lowest BCUT2D eigenvalue weighted by atomic mass is 10.3. The number of hydrogen-bond donors (Lipinski definition) is 1. The van der Waals surface area contributed by atoms with Crippen LogP contribution in [0.4, 0.5) is 5.69 Å². The van der Waals surface area contributed by atoms with Gasteiger partial charge in [-0.2, -0.15) is 0 Å². The van der Waals surface area contributed by atoms with E-state index in [0.717, 1.165) is 5.69 Å². The molecule has 0 unspecified atom stereocenters. The number of benzene rings is 1. The molecular weight excluding hydrogens is 273 g/mol. The van der Waals surface area contributed by atoms with Crippen molar-refractivity contribution in [2.24, 2.45) is 7.05 Å². The number of hydrogen-bond acceptors (Lipinski definition) is 2. The summed E-state index contributed by atoms with van der Waals surface area (Å²) in [6, 6.07) is 4.98. The molecule has 6 heteroatoms. The van der Waals surface area contributed by atoms with Crippen molar-refractivity contribution in [3.8, 4) is 5.69 Å². The Labute approximate surface area is 115 Å².